The summed E-state index contributed by atoms with van der Waals surface area (Å²) in [5.41, 5.74) is 4.45. The van der Waals surface area contributed by atoms with E-state index in [1.165, 1.54) is 6.21 Å². The van der Waals surface area contributed by atoms with Crippen molar-refractivity contribution >= 4 is 51.2 Å². The first-order chi connectivity index (χ1) is 14.5. The second-order valence-electron chi connectivity index (χ2n) is 6.14. The summed E-state index contributed by atoms with van der Waals surface area (Å²) >= 11 is 9.16. The molecule has 3 rings (SSSR count). The molecule has 0 saturated heterocycles. The van der Waals surface area contributed by atoms with E-state index in [9.17, 15) is 9.59 Å². The maximum absolute atomic E-state index is 11.9. The first-order valence-corrected chi connectivity index (χ1v) is 10.0. The van der Waals surface area contributed by atoms with Crippen molar-refractivity contribution in [3.8, 4) is 5.75 Å². The van der Waals surface area contributed by atoms with Gasteiger partial charge in [0.25, 0.3) is 0 Å². The fraction of sp³-hybridized carbons (Fsp3) is 0.0455. The van der Waals surface area contributed by atoms with Crippen LogP contribution in [0, 0.1) is 0 Å². The van der Waals surface area contributed by atoms with Gasteiger partial charge in [0.05, 0.1) is 6.21 Å². The molecule has 152 valence electrons. The average molecular weight is 487 g/mol. The quantitative estimate of drug-likeness (QED) is 0.299. The molecule has 0 aliphatic rings. The van der Waals surface area contributed by atoms with Gasteiger partial charge >= 0.3 is 11.8 Å². The van der Waals surface area contributed by atoms with E-state index in [-0.39, 0.29) is 0 Å². The third-order valence-corrected chi connectivity index (χ3v) is 4.67. The van der Waals surface area contributed by atoms with Gasteiger partial charge in [0, 0.05) is 15.2 Å². The topological polar surface area (TPSA) is 79.8 Å². The molecule has 30 heavy (non-hydrogen) atoms. The van der Waals surface area contributed by atoms with E-state index in [2.05, 4.69) is 31.8 Å². The van der Waals surface area contributed by atoms with Crippen LogP contribution in [0.2, 0.25) is 5.02 Å². The molecular weight excluding hydrogens is 470 g/mol. The molecule has 8 heteroatoms. The van der Waals surface area contributed by atoms with Crippen LogP contribution in [0.3, 0.4) is 0 Å². The van der Waals surface area contributed by atoms with E-state index in [4.69, 9.17) is 16.3 Å². The number of hydrogen-bond donors (Lipinski definition) is 2. The molecule has 0 aliphatic carbocycles. The van der Waals surface area contributed by atoms with Gasteiger partial charge in [0.2, 0.25) is 0 Å². The van der Waals surface area contributed by atoms with Gasteiger partial charge in [-0.25, -0.2) is 5.43 Å². The monoisotopic (exact) mass is 485 g/mol. The lowest BCUT2D eigenvalue weighted by Gasteiger charge is -2.06. The van der Waals surface area contributed by atoms with E-state index >= 15 is 0 Å². The summed E-state index contributed by atoms with van der Waals surface area (Å²) in [4.78, 5) is 23.7. The van der Waals surface area contributed by atoms with Crippen molar-refractivity contribution in [2.45, 2.75) is 6.61 Å². The number of ether oxygens (including phenoxy) is 1. The highest BCUT2D eigenvalue weighted by Crippen LogP contribution is 2.15. The van der Waals surface area contributed by atoms with Crippen LogP contribution in [0.4, 0.5) is 5.69 Å². The van der Waals surface area contributed by atoms with Crippen LogP contribution in [0.1, 0.15) is 11.1 Å². The standard InChI is InChI=1S/C22H17BrClN3O3/c23-17-5-9-19(10-6-17)26-21(28)22(29)27-25-13-15-3-11-20(12-4-15)30-14-16-1-7-18(24)8-2-16/h1-13H,14H2,(H,26,28)(H,27,29). The minimum Gasteiger partial charge on any atom is -0.489 e. The van der Waals surface area contributed by atoms with Crippen molar-refractivity contribution in [3.05, 3.63) is 93.4 Å². The van der Waals surface area contributed by atoms with Crippen LogP contribution < -0.4 is 15.5 Å². The first kappa shape index (κ1) is 21.5. The zero-order chi connectivity index (χ0) is 21.3. The normalized spacial score (nSPS) is 10.6. The van der Waals surface area contributed by atoms with E-state index in [1.54, 1.807) is 48.5 Å². The number of carbonyl (C=O) groups is 2. The fourth-order valence-electron chi connectivity index (χ4n) is 2.33. The molecule has 0 aromatic heterocycles. The predicted octanol–water partition coefficient (Wildman–Crippen LogP) is 4.77. The summed E-state index contributed by atoms with van der Waals surface area (Å²) in [6.45, 7) is 0.425. The van der Waals surface area contributed by atoms with Crippen LogP contribution in [0.15, 0.2) is 82.4 Å². The molecule has 0 aliphatic heterocycles. The Balaban J connectivity index is 1.46. The fourth-order valence-corrected chi connectivity index (χ4v) is 2.73. The lowest BCUT2D eigenvalue weighted by Crippen LogP contribution is -2.32. The minimum atomic E-state index is -0.864. The smallest absolute Gasteiger partial charge is 0.329 e. The summed E-state index contributed by atoms with van der Waals surface area (Å²) in [5.74, 6) is -0.975. The van der Waals surface area contributed by atoms with E-state index < -0.39 is 11.8 Å². The van der Waals surface area contributed by atoms with Crippen LogP contribution in [0.5, 0.6) is 5.75 Å². The van der Waals surface area contributed by atoms with Gasteiger partial charge in [0.1, 0.15) is 12.4 Å². The minimum absolute atomic E-state index is 0.425. The third-order valence-electron chi connectivity index (χ3n) is 3.89. The van der Waals surface area contributed by atoms with Crippen molar-refractivity contribution in [1.82, 2.24) is 5.43 Å². The number of rotatable bonds is 6. The van der Waals surface area contributed by atoms with Crippen LogP contribution in [-0.2, 0) is 16.2 Å². The largest absolute Gasteiger partial charge is 0.489 e. The van der Waals surface area contributed by atoms with Gasteiger partial charge < -0.3 is 10.1 Å². The number of nitrogens with zero attached hydrogens (tertiary/aromatic N) is 1. The second kappa shape index (κ2) is 10.6. The van der Waals surface area contributed by atoms with Crippen LogP contribution >= 0.6 is 27.5 Å². The van der Waals surface area contributed by atoms with E-state index in [0.717, 1.165) is 15.6 Å². The molecule has 0 unspecified atom stereocenters. The molecule has 0 bridgehead atoms. The number of benzene rings is 3. The Hall–Kier alpha value is -3.16. The molecule has 0 atom stereocenters. The zero-order valence-electron chi connectivity index (χ0n) is 15.6. The molecule has 0 radical (unpaired) electrons. The van der Waals surface area contributed by atoms with Gasteiger partial charge in [-0.15, -0.1) is 0 Å². The molecule has 0 heterocycles. The van der Waals surface area contributed by atoms with E-state index in [0.29, 0.717) is 23.1 Å². The Morgan fingerprint density at radius 1 is 0.933 bits per heavy atom. The number of nitrogens with one attached hydrogen (secondary N) is 2. The molecule has 3 aromatic carbocycles. The Labute approximate surface area is 187 Å². The first-order valence-electron chi connectivity index (χ1n) is 8.87. The van der Waals surface area contributed by atoms with Crippen molar-refractivity contribution in [3.63, 3.8) is 0 Å². The van der Waals surface area contributed by atoms with Crippen molar-refractivity contribution in [1.29, 1.82) is 0 Å². The molecule has 2 amide bonds. The van der Waals surface area contributed by atoms with Crippen LogP contribution in [0.25, 0.3) is 0 Å². The molecular formula is C22H17BrClN3O3. The molecule has 3 aromatic rings. The number of amides is 2. The summed E-state index contributed by atoms with van der Waals surface area (Å²) in [6.07, 6.45) is 1.44. The molecule has 0 saturated carbocycles. The number of carbonyl (C=O) groups excluding carboxylic acids is 2. The Morgan fingerprint density at radius 2 is 1.60 bits per heavy atom. The molecule has 0 fully saturated rings. The Morgan fingerprint density at radius 3 is 2.27 bits per heavy atom. The van der Waals surface area contributed by atoms with Crippen LogP contribution in [-0.4, -0.2) is 18.0 Å². The molecule has 0 spiro atoms. The zero-order valence-corrected chi connectivity index (χ0v) is 18.0. The van der Waals surface area contributed by atoms with Crippen molar-refractivity contribution in [2.75, 3.05) is 5.32 Å². The van der Waals surface area contributed by atoms with Gasteiger partial charge in [-0.1, -0.05) is 39.7 Å². The summed E-state index contributed by atoms with van der Waals surface area (Å²) in [6, 6.07) is 21.5. The number of anilines is 1. The highest BCUT2D eigenvalue weighted by atomic mass is 79.9. The highest BCUT2D eigenvalue weighted by Gasteiger charge is 2.12. The highest BCUT2D eigenvalue weighted by molar-refractivity contribution is 9.10. The summed E-state index contributed by atoms with van der Waals surface area (Å²) in [5, 5.41) is 6.97. The van der Waals surface area contributed by atoms with Gasteiger partial charge in [-0.05, 0) is 71.8 Å². The third kappa shape index (κ3) is 6.72. The van der Waals surface area contributed by atoms with Gasteiger partial charge in [0.15, 0.2) is 0 Å². The maximum atomic E-state index is 11.9. The Kier molecular flexibility index (Phi) is 7.59. The molecule has 6 nitrogen and oxygen atoms in total. The van der Waals surface area contributed by atoms with Crippen molar-refractivity contribution in [2.24, 2.45) is 5.10 Å². The SMILES string of the molecule is O=C(NN=Cc1ccc(OCc2ccc(Cl)cc2)cc1)C(=O)Nc1ccc(Br)cc1. The van der Waals surface area contributed by atoms with Crippen molar-refractivity contribution < 1.29 is 14.3 Å². The Bertz CT molecular complexity index is 1040. The number of hydrazone groups is 1. The number of halogens is 2. The van der Waals surface area contributed by atoms with E-state index in [1.807, 2.05) is 24.3 Å². The molecule has 2 N–H and O–H groups in total. The number of hydrogen-bond acceptors (Lipinski definition) is 4. The lowest BCUT2D eigenvalue weighted by molar-refractivity contribution is -0.136. The van der Waals surface area contributed by atoms with Gasteiger partial charge in [-0.3, -0.25) is 9.59 Å². The lowest BCUT2D eigenvalue weighted by atomic mass is 10.2. The summed E-state index contributed by atoms with van der Waals surface area (Å²) < 4.78 is 6.58. The van der Waals surface area contributed by atoms with Gasteiger partial charge in [-0.2, -0.15) is 5.10 Å². The maximum Gasteiger partial charge on any atom is 0.329 e. The predicted molar refractivity (Wildman–Crippen MR) is 121 cm³/mol. The summed E-state index contributed by atoms with van der Waals surface area (Å²) in [7, 11) is 0. The second-order valence-corrected chi connectivity index (χ2v) is 7.50. The average Bonchev–Trinajstić information content (AvgIpc) is 2.76.